The van der Waals surface area contributed by atoms with E-state index in [1.165, 1.54) is 17.2 Å². The van der Waals surface area contributed by atoms with Gasteiger partial charge in [0.05, 0.1) is 6.33 Å². The quantitative estimate of drug-likeness (QED) is 0.493. The van der Waals surface area contributed by atoms with E-state index in [9.17, 15) is 15.3 Å². The molecule has 9 heteroatoms. The highest BCUT2D eigenvalue weighted by Crippen LogP contribution is 2.44. The Morgan fingerprint density at radius 1 is 1.14 bits per heavy atom. The number of aliphatic hydroxyl groups excluding tert-OH is 3. The first kappa shape index (κ1) is 18.4. The van der Waals surface area contributed by atoms with Crippen molar-refractivity contribution in [1.29, 1.82) is 0 Å². The maximum atomic E-state index is 11.1. The zero-order valence-corrected chi connectivity index (χ0v) is 15.4. The summed E-state index contributed by atoms with van der Waals surface area (Å²) < 4.78 is 7.70. The maximum absolute atomic E-state index is 11.1. The van der Waals surface area contributed by atoms with Crippen molar-refractivity contribution in [3.63, 3.8) is 0 Å². The molecule has 4 rings (SSSR count). The molecule has 0 spiro atoms. The molecule has 1 fully saturated rings. The lowest BCUT2D eigenvalue weighted by atomic mass is 9.94. The van der Waals surface area contributed by atoms with Gasteiger partial charge in [0.1, 0.15) is 35.9 Å². The van der Waals surface area contributed by atoms with Crippen LogP contribution in [0, 0.1) is 0 Å². The monoisotopic (exact) mass is 383 g/mol. The summed E-state index contributed by atoms with van der Waals surface area (Å²) in [6, 6.07) is 8.92. The number of aromatic nitrogens is 4. The number of rotatable bonds is 3. The Hall–Kier alpha value is -3.01. The molecule has 28 heavy (non-hydrogen) atoms. The van der Waals surface area contributed by atoms with E-state index in [0.29, 0.717) is 22.3 Å². The van der Waals surface area contributed by atoms with Gasteiger partial charge in [-0.05, 0) is 19.4 Å². The second kappa shape index (κ2) is 6.55. The number of ether oxygens (including phenoxy) is 1. The third-order valence-electron chi connectivity index (χ3n) is 5.03. The van der Waals surface area contributed by atoms with Crippen LogP contribution in [0.1, 0.15) is 19.4 Å². The molecule has 9 nitrogen and oxygen atoms in total. The minimum Gasteiger partial charge on any atom is -0.510 e. The number of benzene rings is 1. The first-order chi connectivity index (χ1) is 13.4. The number of imidazole rings is 1. The molecule has 146 valence electrons. The molecule has 1 aromatic carbocycles. The van der Waals surface area contributed by atoms with Crippen molar-refractivity contribution < 1.29 is 20.1 Å². The molecule has 2 aromatic heterocycles. The lowest BCUT2D eigenvalue weighted by molar-refractivity contribution is -0.106. The number of nitrogens with zero attached hydrogens (tertiary/aromatic N) is 4. The number of nitrogens with two attached hydrogens (primary N) is 1. The maximum Gasteiger partial charge on any atom is 0.203 e. The van der Waals surface area contributed by atoms with Crippen molar-refractivity contribution in [1.82, 2.24) is 19.5 Å². The fraction of sp³-hybridized carbons (Fsp3) is 0.316. The Morgan fingerprint density at radius 2 is 1.86 bits per heavy atom. The van der Waals surface area contributed by atoms with Crippen LogP contribution in [0.4, 0.5) is 5.82 Å². The third kappa shape index (κ3) is 2.48. The van der Waals surface area contributed by atoms with E-state index >= 15 is 0 Å². The van der Waals surface area contributed by atoms with Crippen LogP contribution in [0.2, 0.25) is 0 Å². The second-order valence-electron chi connectivity index (χ2n) is 6.97. The highest BCUT2D eigenvalue weighted by molar-refractivity contribution is 5.81. The first-order valence-corrected chi connectivity index (χ1v) is 8.77. The number of aliphatic hydroxyl groups is 3. The van der Waals surface area contributed by atoms with Crippen LogP contribution in [-0.2, 0) is 10.5 Å². The molecule has 0 bridgehead atoms. The number of nitrogen functional groups attached to an aromatic ring is 1. The van der Waals surface area contributed by atoms with Gasteiger partial charge in [-0.15, -0.1) is 0 Å². The highest BCUT2D eigenvalue weighted by atomic mass is 16.6. The molecule has 0 saturated carbocycles. The van der Waals surface area contributed by atoms with Gasteiger partial charge < -0.3 is 25.8 Å². The number of hydrogen-bond donors (Lipinski definition) is 4. The fourth-order valence-corrected chi connectivity index (χ4v) is 3.58. The van der Waals surface area contributed by atoms with Crippen molar-refractivity contribution in [2.24, 2.45) is 0 Å². The minimum atomic E-state index is -1.58. The van der Waals surface area contributed by atoms with Crippen LogP contribution < -0.4 is 5.73 Å². The molecule has 1 aliphatic heterocycles. The molecule has 0 unspecified atom stereocenters. The lowest BCUT2D eigenvalue weighted by Gasteiger charge is -2.34. The van der Waals surface area contributed by atoms with Gasteiger partial charge in [-0.25, -0.2) is 15.0 Å². The summed E-state index contributed by atoms with van der Waals surface area (Å²) in [6.07, 6.45) is -1.21. The van der Waals surface area contributed by atoms with Crippen molar-refractivity contribution in [2.75, 3.05) is 5.73 Å². The van der Waals surface area contributed by atoms with E-state index in [-0.39, 0.29) is 11.6 Å². The fourth-order valence-electron chi connectivity index (χ4n) is 3.58. The first-order valence-electron chi connectivity index (χ1n) is 8.77. The molecule has 0 aliphatic carbocycles. The molecular formula is C19H21N5O4. The van der Waals surface area contributed by atoms with Crippen LogP contribution in [0.5, 0.6) is 0 Å². The van der Waals surface area contributed by atoms with E-state index in [1.807, 2.05) is 6.07 Å². The van der Waals surface area contributed by atoms with Crippen LogP contribution in [0.3, 0.4) is 0 Å². The number of fused-ring (bicyclic) bond motifs is 1. The van der Waals surface area contributed by atoms with Crippen molar-refractivity contribution in [2.45, 2.75) is 37.9 Å². The normalized spacial score (nSPS) is 27.2. The van der Waals surface area contributed by atoms with Gasteiger partial charge in [0.25, 0.3) is 0 Å². The van der Waals surface area contributed by atoms with E-state index in [2.05, 4.69) is 15.0 Å². The predicted molar refractivity (Wildman–Crippen MR) is 101 cm³/mol. The standard InChI is InChI=1S/C19H21N5O4/c1-10(2)13(25)15-14(26)16(27)19(28-15,11-6-4-3-5-7-11)24-9-23-12-17(20)21-8-22-18(12)24/h3-9,14-16,25-27H,1-2H3,(H2,20,21,22)/t14-,15-,16-,19-/m1/s1. The van der Waals surface area contributed by atoms with E-state index in [4.69, 9.17) is 10.5 Å². The Balaban J connectivity index is 2.00. The van der Waals surface area contributed by atoms with Crippen LogP contribution in [0.15, 0.2) is 54.3 Å². The summed E-state index contributed by atoms with van der Waals surface area (Å²) in [5.41, 5.74) is 6.13. The average molecular weight is 383 g/mol. The summed E-state index contributed by atoms with van der Waals surface area (Å²) >= 11 is 0. The molecule has 1 aliphatic rings. The van der Waals surface area contributed by atoms with Gasteiger partial charge in [-0.3, -0.25) is 4.57 Å². The van der Waals surface area contributed by atoms with Gasteiger partial charge in [-0.2, -0.15) is 0 Å². The summed E-state index contributed by atoms with van der Waals surface area (Å²) in [6.45, 7) is 3.39. The number of anilines is 1. The molecule has 1 saturated heterocycles. The topological polar surface area (TPSA) is 140 Å². The molecule has 3 heterocycles. The Bertz CT molecular complexity index is 1050. The van der Waals surface area contributed by atoms with Gasteiger partial charge in [-0.1, -0.05) is 30.3 Å². The zero-order chi connectivity index (χ0) is 20.1. The summed E-state index contributed by atoms with van der Waals surface area (Å²) in [5.74, 6) is 0.0478. The third-order valence-corrected chi connectivity index (χ3v) is 5.03. The summed E-state index contributed by atoms with van der Waals surface area (Å²) in [5, 5.41) is 32.3. The SMILES string of the molecule is CC(C)=C(O)[C@H]1O[C@@](c2ccccc2)(n2cnc3c(N)ncnc32)[C@H](O)[C@@H]1O. The largest absolute Gasteiger partial charge is 0.510 e. The summed E-state index contributed by atoms with van der Waals surface area (Å²) in [4.78, 5) is 12.4. The van der Waals surface area contributed by atoms with Crippen molar-refractivity contribution >= 4 is 17.0 Å². The van der Waals surface area contributed by atoms with E-state index < -0.39 is 24.0 Å². The zero-order valence-electron chi connectivity index (χ0n) is 15.4. The van der Waals surface area contributed by atoms with Gasteiger partial charge >= 0.3 is 0 Å². The molecule has 0 radical (unpaired) electrons. The van der Waals surface area contributed by atoms with Crippen molar-refractivity contribution in [3.05, 3.63) is 59.9 Å². The van der Waals surface area contributed by atoms with Crippen LogP contribution in [-0.4, -0.2) is 53.2 Å². The number of hydrogen-bond acceptors (Lipinski definition) is 8. The lowest BCUT2D eigenvalue weighted by Crippen LogP contribution is -2.46. The van der Waals surface area contributed by atoms with Crippen LogP contribution >= 0.6 is 0 Å². The Labute approximate surface area is 160 Å². The Morgan fingerprint density at radius 3 is 2.54 bits per heavy atom. The smallest absolute Gasteiger partial charge is 0.203 e. The molecule has 3 aromatic rings. The molecule has 5 N–H and O–H groups in total. The van der Waals surface area contributed by atoms with E-state index in [1.54, 1.807) is 38.1 Å². The number of allylic oxidation sites excluding steroid dienone is 1. The predicted octanol–water partition coefficient (Wildman–Crippen LogP) is 1.08. The molecule has 4 atom stereocenters. The highest BCUT2D eigenvalue weighted by Gasteiger charge is 2.58. The van der Waals surface area contributed by atoms with Crippen LogP contribution in [0.25, 0.3) is 11.2 Å². The van der Waals surface area contributed by atoms with Gasteiger partial charge in [0.15, 0.2) is 11.5 Å². The molecule has 0 amide bonds. The molecular weight excluding hydrogens is 362 g/mol. The Kier molecular flexibility index (Phi) is 4.30. The second-order valence-corrected chi connectivity index (χ2v) is 6.97. The van der Waals surface area contributed by atoms with Crippen molar-refractivity contribution in [3.8, 4) is 0 Å². The minimum absolute atomic E-state index is 0.136. The van der Waals surface area contributed by atoms with Gasteiger partial charge in [0.2, 0.25) is 5.72 Å². The average Bonchev–Trinajstić information content (AvgIpc) is 3.24. The summed E-state index contributed by atoms with van der Waals surface area (Å²) in [7, 11) is 0. The van der Waals surface area contributed by atoms with E-state index in [0.717, 1.165) is 0 Å². The van der Waals surface area contributed by atoms with Gasteiger partial charge in [0, 0.05) is 5.56 Å².